The van der Waals surface area contributed by atoms with Crippen LogP contribution >= 0.6 is 0 Å². The van der Waals surface area contributed by atoms with E-state index in [9.17, 15) is 4.39 Å². The molecule has 1 unspecified atom stereocenters. The Balaban J connectivity index is 1.61. The van der Waals surface area contributed by atoms with Crippen molar-refractivity contribution in [2.45, 2.75) is 25.2 Å². The first-order chi connectivity index (χ1) is 9.31. The fraction of sp³-hybridized carbons (Fsp3) is 0.429. The molecule has 1 aliphatic rings. The Kier molecular flexibility index (Phi) is 3.55. The average Bonchev–Trinajstić information content (AvgIpc) is 3.07. The number of halogens is 1. The Hall–Kier alpha value is -1.75. The molecule has 1 aliphatic heterocycles. The predicted octanol–water partition coefficient (Wildman–Crippen LogP) is 2.50. The number of rotatable bonds is 4. The fourth-order valence-corrected chi connectivity index (χ4v) is 2.22. The summed E-state index contributed by atoms with van der Waals surface area (Å²) in [5.41, 5.74) is 0.934. The summed E-state index contributed by atoms with van der Waals surface area (Å²) >= 11 is 0. The lowest BCUT2D eigenvalue weighted by Gasteiger charge is -1.99. The van der Waals surface area contributed by atoms with Gasteiger partial charge < -0.3 is 9.26 Å². The Morgan fingerprint density at radius 1 is 1.32 bits per heavy atom. The Morgan fingerprint density at radius 2 is 2.26 bits per heavy atom. The zero-order valence-corrected chi connectivity index (χ0v) is 10.5. The minimum Gasteiger partial charge on any atom is -0.381 e. The maximum absolute atomic E-state index is 13.0. The maximum atomic E-state index is 13.0. The van der Waals surface area contributed by atoms with Gasteiger partial charge in [0.15, 0.2) is 5.82 Å². The number of aromatic nitrogens is 2. The molecule has 0 N–H and O–H groups in total. The van der Waals surface area contributed by atoms with Gasteiger partial charge in [0.1, 0.15) is 5.82 Å². The molecule has 2 aromatic rings. The van der Waals surface area contributed by atoms with Gasteiger partial charge in [-0.15, -0.1) is 0 Å². The van der Waals surface area contributed by atoms with Crippen molar-refractivity contribution in [2.24, 2.45) is 0 Å². The van der Waals surface area contributed by atoms with E-state index < -0.39 is 0 Å². The molecule has 5 heteroatoms. The number of ether oxygens (including phenoxy) is 1. The van der Waals surface area contributed by atoms with Crippen molar-refractivity contribution in [1.29, 1.82) is 0 Å². The summed E-state index contributed by atoms with van der Waals surface area (Å²) in [6, 6.07) is 6.57. The van der Waals surface area contributed by atoms with E-state index >= 15 is 0 Å². The average molecular weight is 262 g/mol. The zero-order chi connectivity index (χ0) is 13.1. The molecule has 1 saturated heterocycles. The van der Waals surface area contributed by atoms with Gasteiger partial charge in [-0.25, -0.2) is 4.39 Å². The highest BCUT2D eigenvalue weighted by molar-refractivity contribution is 5.17. The number of hydrogen-bond acceptors (Lipinski definition) is 4. The number of hydrogen-bond donors (Lipinski definition) is 0. The molecule has 1 aromatic heterocycles. The van der Waals surface area contributed by atoms with Crippen LogP contribution in [0.15, 0.2) is 28.8 Å². The van der Waals surface area contributed by atoms with Crippen molar-refractivity contribution >= 4 is 0 Å². The molecular weight excluding hydrogens is 247 g/mol. The first-order valence-electron chi connectivity index (χ1n) is 6.46. The summed E-state index contributed by atoms with van der Waals surface area (Å²) in [4.78, 5) is 4.38. The second-order valence-corrected chi connectivity index (χ2v) is 4.74. The molecular formula is C14H15FN2O2. The van der Waals surface area contributed by atoms with Crippen LogP contribution in [0.1, 0.15) is 29.6 Å². The summed E-state index contributed by atoms with van der Waals surface area (Å²) in [7, 11) is 0. The van der Waals surface area contributed by atoms with Crippen LogP contribution < -0.4 is 0 Å². The zero-order valence-electron chi connectivity index (χ0n) is 10.5. The Morgan fingerprint density at radius 3 is 3.05 bits per heavy atom. The predicted molar refractivity (Wildman–Crippen MR) is 66.3 cm³/mol. The standard InChI is InChI=1S/C14H15FN2O2/c15-12-3-1-2-10(8-12)4-5-13-16-14(17-19-13)11-6-7-18-9-11/h1-3,8,11H,4-7,9H2. The molecule has 19 heavy (non-hydrogen) atoms. The normalized spacial score (nSPS) is 18.9. The van der Waals surface area contributed by atoms with Crippen LogP contribution in [-0.4, -0.2) is 23.4 Å². The smallest absolute Gasteiger partial charge is 0.226 e. The van der Waals surface area contributed by atoms with Crippen LogP contribution in [0.2, 0.25) is 0 Å². The lowest BCUT2D eigenvalue weighted by molar-refractivity contribution is 0.192. The molecule has 0 spiro atoms. The van der Waals surface area contributed by atoms with E-state index in [2.05, 4.69) is 10.1 Å². The SMILES string of the molecule is Fc1cccc(CCc2nc(C3CCOC3)no2)c1. The topological polar surface area (TPSA) is 48.2 Å². The minimum atomic E-state index is -0.216. The third-order valence-corrected chi connectivity index (χ3v) is 3.30. The molecule has 0 aliphatic carbocycles. The van der Waals surface area contributed by atoms with Gasteiger partial charge in [0.25, 0.3) is 0 Å². The summed E-state index contributed by atoms with van der Waals surface area (Å²) in [5.74, 6) is 1.37. The first kappa shape index (κ1) is 12.3. The van der Waals surface area contributed by atoms with Gasteiger partial charge in [0.2, 0.25) is 5.89 Å². The van der Waals surface area contributed by atoms with Crippen LogP contribution in [0.4, 0.5) is 4.39 Å². The van der Waals surface area contributed by atoms with E-state index in [4.69, 9.17) is 9.26 Å². The van der Waals surface area contributed by atoms with Crippen LogP contribution in [-0.2, 0) is 17.6 Å². The van der Waals surface area contributed by atoms with Gasteiger partial charge in [-0.05, 0) is 30.5 Å². The van der Waals surface area contributed by atoms with Crippen LogP contribution in [0, 0.1) is 5.82 Å². The third-order valence-electron chi connectivity index (χ3n) is 3.30. The first-order valence-corrected chi connectivity index (χ1v) is 6.46. The quantitative estimate of drug-likeness (QED) is 0.849. The van der Waals surface area contributed by atoms with E-state index in [1.807, 2.05) is 6.07 Å². The summed E-state index contributed by atoms with van der Waals surface area (Å²) < 4.78 is 23.6. The van der Waals surface area contributed by atoms with E-state index in [1.54, 1.807) is 6.07 Å². The molecule has 2 heterocycles. The van der Waals surface area contributed by atoms with E-state index in [0.29, 0.717) is 25.3 Å². The summed E-state index contributed by atoms with van der Waals surface area (Å²) in [5, 5.41) is 3.99. The van der Waals surface area contributed by atoms with E-state index in [1.165, 1.54) is 12.1 Å². The molecule has 1 aromatic carbocycles. The monoisotopic (exact) mass is 262 g/mol. The Labute approximate surface area is 110 Å². The Bertz CT molecular complexity index is 550. The second kappa shape index (κ2) is 5.48. The highest BCUT2D eigenvalue weighted by Gasteiger charge is 2.22. The lowest BCUT2D eigenvalue weighted by atomic mass is 10.1. The van der Waals surface area contributed by atoms with Gasteiger partial charge in [0, 0.05) is 18.9 Å². The molecule has 3 rings (SSSR count). The molecule has 0 bridgehead atoms. The van der Waals surface area contributed by atoms with Crippen molar-refractivity contribution in [2.75, 3.05) is 13.2 Å². The molecule has 0 amide bonds. The highest BCUT2D eigenvalue weighted by atomic mass is 19.1. The van der Waals surface area contributed by atoms with Crippen molar-refractivity contribution < 1.29 is 13.7 Å². The number of benzene rings is 1. The molecule has 0 saturated carbocycles. The van der Waals surface area contributed by atoms with Crippen LogP contribution in [0.5, 0.6) is 0 Å². The van der Waals surface area contributed by atoms with Crippen LogP contribution in [0.3, 0.4) is 0 Å². The van der Waals surface area contributed by atoms with Gasteiger partial charge in [-0.3, -0.25) is 0 Å². The third kappa shape index (κ3) is 2.98. The van der Waals surface area contributed by atoms with Crippen LogP contribution in [0.25, 0.3) is 0 Å². The molecule has 100 valence electrons. The van der Waals surface area contributed by atoms with Gasteiger partial charge in [0.05, 0.1) is 6.61 Å². The van der Waals surface area contributed by atoms with Crippen molar-refractivity contribution in [1.82, 2.24) is 10.1 Å². The van der Waals surface area contributed by atoms with Gasteiger partial charge >= 0.3 is 0 Å². The minimum absolute atomic E-state index is 0.216. The van der Waals surface area contributed by atoms with E-state index in [0.717, 1.165) is 24.4 Å². The van der Waals surface area contributed by atoms with E-state index in [-0.39, 0.29) is 11.7 Å². The largest absolute Gasteiger partial charge is 0.381 e. The molecule has 4 nitrogen and oxygen atoms in total. The highest BCUT2D eigenvalue weighted by Crippen LogP contribution is 2.22. The summed E-state index contributed by atoms with van der Waals surface area (Å²) in [6.07, 6.45) is 2.27. The molecule has 0 radical (unpaired) electrons. The van der Waals surface area contributed by atoms with Crippen molar-refractivity contribution in [3.05, 3.63) is 47.4 Å². The summed E-state index contributed by atoms with van der Waals surface area (Å²) in [6.45, 7) is 1.43. The van der Waals surface area contributed by atoms with Gasteiger partial charge in [-0.1, -0.05) is 17.3 Å². The number of nitrogens with zero attached hydrogens (tertiary/aromatic N) is 2. The molecule has 1 fully saturated rings. The van der Waals surface area contributed by atoms with Crippen molar-refractivity contribution in [3.63, 3.8) is 0 Å². The maximum Gasteiger partial charge on any atom is 0.226 e. The molecule has 1 atom stereocenters. The van der Waals surface area contributed by atoms with Crippen molar-refractivity contribution in [3.8, 4) is 0 Å². The second-order valence-electron chi connectivity index (χ2n) is 4.74. The fourth-order valence-electron chi connectivity index (χ4n) is 2.22. The number of aryl methyl sites for hydroxylation is 2. The van der Waals surface area contributed by atoms with Gasteiger partial charge in [-0.2, -0.15) is 4.98 Å². The lowest BCUT2D eigenvalue weighted by Crippen LogP contribution is -2.00.